The van der Waals surface area contributed by atoms with Gasteiger partial charge in [-0.15, -0.1) is 0 Å². The molecule has 1 atom stereocenters. The number of hydrogen-bond donors (Lipinski definition) is 3. The summed E-state index contributed by atoms with van der Waals surface area (Å²) in [5.41, 5.74) is 6.44. The largest absolute Gasteiger partial charge is 0.394 e. The normalized spacial score (nSPS) is 12.1. The van der Waals surface area contributed by atoms with Crippen molar-refractivity contribution in [1.29, 1.82) is 0 Å². The lowest BCUT2D eigenvalue weighted by Gasteiger charge is -2.16. The minimum absolute atomic E-state index is 0.0505. The van der Waals surface area contributed by atoms with Crippen LogP contribution < -0.4 is 11.1 Å². The first-order chi connectivity index (χ1) is 8.26. The van der Waals surface area contributed by atoms with Crippen LogP contribution in [0.25, 0.3) is 0 Å². The average Bonchev–Trinajstić information content (AvgIpc) is 2.36. The summed E-state index contributed by atoms with van der Waals surface area (Å²) in [5.74, 6) is -0.0505. The number of aliphatic hydroxyl groups excluding tert-OH is 1. The SMILES string of the molecule is NCCCC(=O)N[C@@H](CO)Cc1ccccc1. The fourth-order valence-electron chi connectivity index (χ4n) is 1.62. The van der Waals surface area contributed by atoms with E-state index in [2.05, 4.69) is 5.32 Å². The number of amides is 1. The fourth-order valence-corrected chi connectivity index (χ4v) is 1.62. The van der Waals surface area contributed by atoms with Crippen LogP contribution in [0.1, 0.15) is 18.4 Å². The number of carbonyl (C=O) groups excluding carboxylic acids is 1. The molecule has 0 saturated carbocycles. The van der Waals surface area contributed by atoms with E-state index in [1.807, 2.05) is 30.3 Å². The summed E-state index contributed by atoms with van der Waals surface area (Å²) in [4.78, 5) is 11.5. The van der Waals surface area contributed by atoms with Crippen molar-refractivity contribution in [2.45, 2.75) is 25.3 Å². The number of carbonyl (C=O) groups is 1. The van der Waals surface area contributed by atoms with Gasteiger partial charge < -0.3 is 16.2 Å². The van der Waals surface area contributed by atoms with Crippen LogP contribution in [0.5, 0.6) is 0 Å². The molecule has 17 heavy (non-hydrogen) atoms. The van der Waals surface area contributed by atoms with Crippen LogP contribution in [0.15, 0.2) is 30.3 Å². The van der Waals surface area contributed by atoms with Crippen LogP contribution in [0.4, 0.5) is 0 Å². The van der Waals surface area contributed by atoms with Crippen molar-refractivity contribution in [1.82, 2.24) is 5.32 Å². The molecule has 0 aliphatic heterocycles. The molecular weight excluding hydrogens is 216 g/mol. The molecular formula is C13H20N2O2. The van der Waals surface area contributed by atoms with E-state index >= 15 is 0 Å². The monoisotopic (exact) mass is 236 g/mol. The quantitative estimate of drug-likeness (QED) is 0.643. The first kappa shape index (κ1) is 13.7. The third-order valence-electron chi connectivity index (χ3n) is 2.52. The molecule has 0 unspecified atom stereocenters. The third kappa shape index (κ3) is 5.47. The zero-order valence-electron chi connectivity index (χ0n) is 9.93. The molecule has 1 rings (SSSR count). The maximum absolute atomic E-state index is 11.5. The van der Waals surface area contributed by atoms with Gasteiger partial charge in [-0.1, -0.05) is 30.3 Å². The number of benzene rings is 1. The molecule has 0 spiro atoms. The lowest BCUT2D eigenvalue weighted by molar-refractivity contribution is -0.122. The van der Waals surface area contributed by atoms with E-state index < -0.39 is 0 Å². The van der Waals surface area contributed by atoms with Gasteiger partial charge in [0.1, 0.15) is 0 Å². The standard InChI is InChI=1S/C13H20N2O2/c14-8-4-7-13(17)15-12(10-16)9-11-5-2-1-3-6-11/h1-3,5-6,12,16H,4,7-10,14H2,(H,15,17)/t12-/m1/s1. The second-order valence-electron chi connectivity index (χ2n) is 4.03. The van der Waals surface area contributed by atoms with E-state index in [0.717, 1.165) is 5.56 Å². The molecule has 94 valence electrons. The van der Waals surface area contributed by atoms with Gasteiger partial charge in [0.05, 0.1) is 12.6 Å². The molecule has 0 aliphatic rings. The molecule has 4 nitrogen and oxygen atoms in total. The first-order valence-corrected chi connectivity index (χ1v) is 5.90. The first-order valence-electron chi connectivity index (χ1n) is 5.90. The Kier molecular flexibility index (Phi) is 6.29. The van der Waals surface area contributed by atoms with E-state index in [1.54, 1.807) is 0 Å². The van der Waals surface area contributed by atoms with Crippen molar-refractivity contribution in [3.05, 3.63) is 35.9 Å². The van der Waals surface area contributed by atoms with E-state index in [9.17, 15) is 9.90 Å². The van der Waals surface area contributed by atoms with E-state index in [0.29, 0.717) is 25.8 Å². The van der Waals surface area contributed by atoms with Crippen molar-refractivity contribution in [3.8, 4) is 0 Å². The Hall–Kier alpha value is -1.39. The van der Waals surface area contributed by atoms with Gasteiger partial charge >= 0.3 is 0 Å². The minimum atomic E-state index is -0.220. The highest BCUT2D eigenvalue weighted by Crippen LogP contribution is 2.03. The van der Waals surface area contributed by atoms with Gasteiger partial charge in [0.25, 0.3) is 0 Å². The van der Waals surface area contributed by atoms with Crippen LogP contribution in [-0.4, -0.2) is 30.2 Å². The second-order valence-corrected chi connectivity index (χ2v) is 4.03. The zero-order valence-corrected chi connectivity index (χ0v) is 9.93. The molecule has 0 radical (unpaired) electrons. The predicted molar refractivity (Wildman–Crippen MR) is 67.5 cm³/mol. The summed E-state index contributed by atoms with van der Waals surface area (Å²) in [6.45, 7) is 0.457. The van der Waals surface area contributed by atoms with Crippen LogP contribution in [0, 0.1) is 0 Å². The van der Waals surface area contributed by atoms with Crippen molar-refractivity contribution in [2.75, 3.05) is 13.2 Å². The summed E-state index contributed by atoms with van der Waals surface area (Å²) in [6.07, 6.45) is 1.74. The van der Waals surface area contributed by atoms with Crippen LogP contribution in [-0.2, 0) is 11.2 Å². The maximum Gasteiger partial charge on any atom is 0.220 e. The molecule has 0 saturated heterocycles. The summed E-state index contributed by atoms with van der Waals surface area (Å²) < 4.78 is 0. The molecule has 0 aliphatic carbocycles. The Labute approximate surface area is 102 Å². The highest BCUT2D eigenvalue weighted by atomic mass is 16.3. The smallest absolute Gasteiger partial charge is 0.220 e. The van der Waals surface area contributed by atoms with Gasteiger partial charge in [0.2, 0.25) is 5.91 Å². The summed E-state index contributed by atoms with van der Waals surface area (Å²) in [6, 6.07) is 9.57. The van der Waals surface area contributed by atoms with Crippen molar-refractivity contribution >= 4 is 5.91 Å². The molecule has 1 amide bonds. The Morgan fingerprint density at radius 1 is 1.35 bits per heavy atom. The second kappa shape index (κ2) is 7.81. The van der Waals surface area contributed by atoms with Gasteiger partial charge in [-0.3, -0.25) is 4.79 Å². The van der Waals surface area contributed by atoms with Crippen molar-refractivity contribution in [2.24, 2.45) is 5.73 Å². The van der Waals surface area contributed by atoms with Crippen molar-refractivity contribution < 1.29 is 9.90 Å². The van der Waals surface area contributed by atoms with E-state index in [1.165, 1.54) is 0 Å². The predicted octanol–water partition coefficient (Wildman–Crippen LogP) is 0.445. The zero-order chi connectivity index (χ0) is 12.5. The molecule has 4 heteroatoms. The van der Waals surface area contributed by atoms with Gasteiger partial charge in [-0.25, -0.2) is 0 Å². The number of nitrogens with one attached hydrogen (secondary N) is 1. The minimum Gasteiger partial charge on any atom is -0.394 e. The Morgan fingerprint density at radius 3 is 2.65 bits per heavy atom. The van der Waals surface area contributed by atoms with Gasteiger partial charge in [-0.2, -0.15) is 0 Å². The van der Waals surface area contributed by atoms with Gasteiger partial charge in [-0.05, 0) is 24.9 Å². The Morgan fingerprint density at radius 2 is 2.06 bits per heavy atom. The number of hydrogen-bond acceptors (Lipinski definition) is 3. The molecule has 0 aromatic heterocycles. The summed E-state index contributed by atoms with van der Waals surface area (Å²) in [5, 5.41) is 12.0. The van der Waals surface area contributed by atoms with Gasteiger partial charge in [0, 0.05) is 6.42 Å². The lowest BCUT2D eigenvalue weighted by atomic mass is 10.1. The molecule has 0 fully saturated rings. The fraction of sp³-hybridized carbons (Fsp3) is 0.462. The number of aliphatic hydroxyl groups is 1. The molecule has 1 aromatic rings. The number of nitrogens with two attached hydrogens (primary N) is 1. The molecule has 4 N–H and O–H groups in total. The maximum atomic E-state index is 11.5. The van der Waals surface area contributed by atoms with E-state index in [-0.39, 0.29) is 18.6 Å². The average molecular weight is 236 g/mol. The van der Waals surface area contributed by atoms with Gasteiger partial charge in [0.15, 0.2) is 0 Å². The molecule has 0 bridgehead atoms. The number of rotatable bonds is 7. The lowest BCUT2D eigenvalue weighted by Crippen LogP contribution is -2.39. The highest BCUT2D eigenvalue weighted by Gasteiger charge is 2.11. The Bertz CT molecular complexity index is 327. The molecule has 0 heterocycles. The summed E-state index contributed by atoms with van der Waals surface area (Å²) in [7, 11) is 0. The van der Waals surface area contributed by atoms with Crippen LogP contribution in [0.2, 0.25) is 0 Å². The van der Waals surface area contributed by atoms with Crippen LogP contribution >= 0.6 is 0 Å². The molecule has 1 aromatic carbocycles. The summed E-state index contributed by atoms with van der Waals surface area (Å²) >= 11 is 0. The third-order valence-corrected chi connectivity index (χ3v) is 2.52. The topological polar surface area (TPSA) is 75.4 Å². The van der Waals surface area contributed by atoms with Crippen LogP contribution in [0.3, 0.4) is 0 Å². The van der Waals surface area contributed by atoms with E-state index in [4.69, 9.17) is 5.73 Å². The highest BCUT2D eigenvalue weighted by molar-refractivity contribution is 5.76. The van der Waals surface area contributed by atoms with Crippen molar-refractivity contribution in [3.63, 3.8) is 0 Å². The Balaban J connectivity index is 2.41.